The summed E-state index contributed by atoms with van der Waals surface area (Å²) >= 11 is 0. The van der Waals surface area contributed by atoms with Crippen molar-refractivity contribution in [3.8, 4) is 0 Å². The van der Waals surface area contributed by atoms with Gasteiger partial charge in [-0.25, -0.2) is 0 Å². The average molecular weight is 249 g/mol. The number of morpholine rings is 1. The van der Waals surface area contributed by atoms with E-state index in [-0.39, 0.29) is 12.4 Å². The first-order valence-corrected chi connectivity index (χ1v) is 6.54. The van der Waals surface area contributed by atoms with E-state index in [1.165, 1.54) is 0 Å². The fourth-order valence-electron chi connectivity index (χ4n) is 2.40. The summed E-state index contributed by atoms with van der Waals surface area (Å²) in [6, 6.07) is 10.1. The van der Waals surface area contributed by atoms with Gasteiger partial charge in [-0.1, -0.05) is 30.3 Å². The van der Waals surface area contributed by atoms with Gasteiger partial charge in [0.1, 0.15) is 0 Å². The first-order chi connectivity index (χ1) is 8.92. The van der Waals surface area contributed by atoms with Gasteiger partial charge in [0.05, 0.1) is 25.9 Å². The summed E-state index contributed by atoms with van der Waals surface area (Å²) in [5.74, 6) is 0. The van der Waals surface area contributed by atoms with Gasteiger partial charge in [0.25, 0.3) is 0 Å². The van der Waals surface area contributed by atoms with Crippen LogP contribution in [-0.2, 0) is 14.2 Å². The molecule has 0 spiro atoms. The van der Waals surface area contributed by atoms with Crippen molar-refractivity contribution in [2.45, 2.75) is 12.4 Å². The van der Waals surface area contributed by atoms with Crippen molar-refractivity contribution in [2.24, 2.45) is 0 Å². The van der Waals surface area contributed by atoms with Gasteiger partial charge < -0.3 is 14.2 Å². The van der Waals surface area contributed by atoms with Gasteiger partial charge in [-0.3, -0.25) is 4.90 Å². The highest BCUT2D eigenvalue weighted by Gasteiger charge is 2.28. The fraction of sp³-hybridized carbons (Fsp3) is 0.571. The maximum atomic E-state index is 5.95. The number of ether oxygens (including phenoxy) is 3. The summed E-state index contributed by atoms with van der Waals surface area (Å²) < 4.78 is 17.0. The van der Waals surface area contributed by atoms with Gasteiger partial charge in [-0.05, 0) is 0 Å². The summed E-state index contributed by atoms with van der Waals surface area (Å²) in [5, 5.41) is 0. The molecule has 0 radical (unpaired) electrons. The number of nitrogens with zero attached hydrogens (tertiary/aromatic N) is 1. The van der Waals surface area contributed by atoms with E-state index in [2.05, 4.69) is 4.90 Å². The minimum atomic E-state index is -0.197. The molecule has 2 saturated heterocycles. The lowest BCUT2D eigenvalue weighted by molar-refractivity contribution is -0.0683. The van der Waals surface area contributed by atoms with Gasteiger partial charge in [-0.2, -0.15) is 0 Å². The molecule has 2 aliphatic rings. The lowest BCUT2D eigenvalue weighted by atomic mass is 10.2. The molecule has 1 aromatic carbocycles. The third kappa shape index (κ3) is 2.90. The Kier molecular flexibility index (Phi) is 3.90. The Bertz CT molecular complexity index is 365. The van der Waals surface area contributed by atoms with Crippen LogP contribution in [0, 0.1) is 0 Å². The van der Waals surface area contributed by atoms with Gasteiger partial charge in [0.2, 0.25) is 0 Å². The zero-order valence-electron chi connectivity index (χ0n) is 10.5. The third-order valence-corrected chi connectivity index (χ3v) is 3.39. The minimum absolute atomic E-state index is 0.174. The van der Waals surface area contributed by atoms with Crippen LogP contribution in [0.5, 0.6) is 0 Å². The molecule has 2 atom stereocenters. The van der Waals surface area contributed by atoms with E-state index in [1.807, 2.05) is 30.3 Å². The average Bonchev–Trinajstić information content (AvgIpc) is 2.89. The van der Waals surface area contributed by atoms with E-state index in [1.54, 1.807) is 0 Å². The summed E-state index contributed by atoms with van der Waals surface area (Å²) in [7, 11) is 0. The van der Waals surface area contributed by atoms with E-state index < -0.39 is 0 Å². The number of rotatable bonds is 3. The van der Waals surface area contributed by atoms with Crippen LogP contribution < -0.4 is 0 Å². The molecule has 0 saturated carbocycles. The summed E-state index contributed by atoms with van der Waals surface area (Å²) in [5.41, 5.74) is 1.10. The molecule has 0 aliphatic carbocycles. The quantitative estimate of drug-likeness (QED) is 0.811. The lowest BCUT2D eigenvalue weighted by Crippen LogP contribution is -2.41. The highest BCUT2D eigenvalue weighted by Crippen LogP contribution is 2.26. The van der Waals surface area contributed by atoms with E-state index in [9.17, 15) is 0 Å². The number of hydrogen-bond acceptors (Lipinski definition) is 4. The Hall–Kier alpha value is -0.940. The van der Waals surface area contributed by atoms with E-state index >= 15 is 0 Å². The first kappa shape index (κ1) is 12.1. The second-order valence-electron chi connectivity index (χ2n) is 4.75. The van der Waals surface area contributed by atoms with Gasteiger partial charge in [0.15, 0.2) is 6.29 Å². The molecule has 2 fully saturated rings. The molecule has 2 aliphatic heterocycles. The van der Waals surface area contributed by atoms with Crippen LogP contribution in [0.1, 0.15) is 11.9 Å². The molecule has 0 N–H and O–H groups in total. The van der Waals surface area contributed by atoms with Crippen molar-refractivity contribution in [1.29, 1.82) is 0 Å². The topological polar surface area (TPSA) is 30.9 Å². The maximum Gasteiger partial charge on any atom is 0.184 e. The molecule has 1 aromatic rings. The smallest absolute Gasteiger partial charge is 0.184 e. The Labute approximate surface area is 107 Å². The van der Waals surface area contributed by atoms with Crippen LogP contribution in [0.15, 0.2) is 30.3 Å². The zero-order valence-corrected chi connectivity index (χ0v) is 10.5. The molecular weight excluding hydrogens is 230 g/mol. The standard InChI is InChI=1S/C14H19NO3/c1-2-4-12(5-3-1)14-17-11-13(18-14)10-15-6-8-16-9-7-15/h1-5,13-14H,6-11H2. The Morgan fingerprint density at radius 2 is 1.89 bits per heavy atom. The maximum absolute atomic E-state index is 5.95. The van der Waals surface area contributed by atoms with Gasteiger partial charge in [-0.15, -0.1) is 0 Å². The number of benzene rings is 1. The molecule has 2 heterocycles. The SMILES string of the molecule is c1ccc(C2OCC(CN3CCOCC3)O2)cc1. The van der Waals surface area contributed by atoms with Crippen LogP contribution in [0.2, 0.25) is 0 Å². The van der Waals surface area contributed by atoms with Crippen LogP contribution in [-0.4, -0.2) is 50.5 Å². The van der Waals surface area contributed by atoms with Crippen molar-refractivity contribution in [3.05, 3.63) is 35.9 Å². The molecule has 0 aromatic heterocycles. The Morgan fingerprint density at radius 1 is 1.11 bits per heavy atom. The molecule has 18 heavy (non-hydrogen) atoms. The van der Waals surface area contributed by atoms with Crippen LogP contribution in [0.25, 0.3) is 0 Å². The van der Waals surface area contributed by atoms with Crippen molar-refractivity contribution >= 4 is 0 Å². The lowest BCUT2D eigenvalue weighted by Gasteiger charge is -2.28. The van der Waals surface area contributed by atoms with Crippen LogP contribution >= 0.6 is 0 Å². The molecule has 4 nitrogen and oxygen atoms in total. The summed E-state index contributed by atoms with van der Waals surface area (Å²) in [6.07, 6.45) is -0.0226. The molecule has 0 bridgehead atoms. The highest BCUT2D eigenvalue weighted by molar-refractivity contribution is 5.16. The normalized spacial score (nSPS) is 29.6. The largest absolute Gasteiger partial charge is 0.379 e. The van der Waals surface area contributed by atoms with E-state index in [4.69, 9.17) is 14.2 Å². The fourth-order valence-corrected chi connectivity index (χ4v) is 2.40. The minimum Gasteiger partial charge on any atom is -0.379 e. The molecule has 98 valence electrons. The molecule has 3 rings (SSSR count). The second kappa shape index (κ2) is 5.80. The molecular formula is C14H19NO3. The number of hydrogen-bond donors (Lipinski definition) is 0. The van der Waals surface area contributed by atoms with Gasteiger partial charge in [0, 0.05) is 25.2 Å². The van der Waals surface area contributed by atoms with Crippen molar-refractivity contribution in [3.63, 3.8) is 0 Å². The predicted molar refractivity (Wildman–Crippen MR) is 67.3 cm³/mol. The molecule has 4 heteroatoms. The van der Waals surface area contributed by atoms with Gasteiger partial charge >= 0.3 is 0 Å². The highest BCUT2D eigenvalue weighted by atomic mass is 16.7. The summed E-state index contributed by atoms with van der Waals surface area (Å²) in [4.78, 5) is 2.38. The van der Waals surface area contributed by atoms with Crippen molar-refractivity contribution in [2.75, 3.05) is 39.5 Å². The zero-order chi connectivity index (χ0) is 12.2. The second-order valence-corrected chi connectivity index (χ2v) is 4.75. The van der Waals surface area contributed by atoms with E-state index in [0.29, 0.717) is 6.61 Å². The van der Waals surface area contributed by atoms with Crippen LogP contribution in [0.4, 0.5) is 0 Å². The first-order valence-electron chi connectivity index (χ1n) is 6.54. The Balaban J connectivity index is 1.52. The predicted octanol–water partition coefficient (Wildman–Crippen LogP) is 1.43. The van der Waals surface area contributed by atoms with E-state index in [0.717, 1.165) is 38.4 Å². The Morgan fingerprint density at radius 3 is 2.67 bits per heavy atom. The molecule has 2 unspecified atom stereocenters. The monoisotopic (exact) mass is 249 g/mol. The molecule has 0 amide bonds. The van der Waals surface area contributed by atoms with Crippen molar-refractivity contribution < 1.29 is 14.2 Å². The summed E-state index contributed by atoms with van der Waals surface area (Å²) in [6.45, 7) is 5.26. The van der Waals surface area contributed by atoms with Crippen molar-refractivity contribution in [1.82, 2.24) is 4.90 Å². The van der Waals surface area contributed by atoms with Crippen LogP contribution in [0.3, 0.4) is 0 Å². The third-order valence-electron chi connectivity index (χ3n) is 3.39.